The van der Waals surface area contributed by atoms with Gasteiger partial charge in [-0.05, 0) is 40.4 Å². The maximum Gasteiger partial charge on any atom is 0.250 e. The van der Waals surface area contributed by atoms with Crippen molar-refractivity contribution in [2.75, 3.05) is 13.1 Å². The lowest BCUT2D eigenvalue weighted by atomic mass is 10.0. The van der Waals surface area contributed by atoms with Gasteiger partial charge >= 0.3 is 0 Å². The van der Waals surface area contributed by atoms with Gasteiger partial charge in [0.05, 0.1) is 10.3 Å². The Labute approximate surface area is 137 Å². The van der Waals surface area contributed by atoms with Crippen molar-refractivity contribution in [1.29, 1.82) is 0 Å². The normalized spacial score (nSPS) is 13.4. The Morgan fingerprint density at radius 3 is 2.57 bits per heavy atom. The zero-order chi connectivity index (χ0) is 16.0. The van der Waals surface area contributed by atoms with Crippen molar-refractivity contribution in [3.05, 3.63) is 15.9 Å². The average Bonchev–Trinajstić information content (AvgIpc) is 2.82. The van der Waals surface area contributed by atoms with Gasteiger partial charge < -0.3 is 11.1 Å². The smallest absolute Gasteiger partial charge is 0.250 e. The fraction of sp³-hybridized carbons (Fsp3) is 0.583. The van der Waals surface area contributed by atoms with E-state index in [1.807, 2.05) is 13.8 Å². The summed E-state index contributed by atoms with van der Waals surface area (Å²) in [6.07, 6.45) is 0.757. The number of thiophene rings is 1. The second-order valence-electron chi connectivity index (χ2n) is 5.01. The van der Waals surface area contributed by atoms with Crippen LogP contribution in [0.1, 0.15) is 20.3 Å². The molecule has 120 valence electrons. The second-order valence-corrected chi connectivity index (χ2v) is 9.47. The van der Waals surface area contributed by atoms with Gasteiger partial charge in [0.2, 0.25) is 5.91 Å². The number of hydrogen-bond acceptors (Lipinski definition) is 5. The van der Waals surface area contributed by atoms with E-state index in [0.717, 1.165) is 17.8 Å². The first-order chi connectivity index (χ1) is 9.74. The summed E-state index contributed by atoms with van der Waals surface area (Å²) in [5, 5.41) is 2.73. The molecule has 6 nitrogen and oxygen atoms in total. The third-order valence-electron chi connectivity index (χ3n) is 2.64. The van der Waals surface area contributed by atoms with Gasteiger partial charge in [0.15, 0.2) is 0 Å². The highest BCUT2D eigenvalue weighted by Crippen LogP contribution is 2.25. The quantitative estimate of drug-likeness (QED) is 0.614. The van der Waals surface area contributed by atoms with E-state index in [0.29, 0.717) is 16.2 Å². The fourth-order valence-electron chi connectivity index (χ4n) is 1.74. The lowest BCUT2D eigenvalue weighted by molar-refractivity contribution is -0.120. The molecule has 0 aliphatic carbocycles. The Bertz CT molecular complexity index is 572. The van der Waals surface area contributed by atoms with E-state index >= 15 is 0 Å². The minimum absolute atomic E-state index is 0.141. The van der Waals surface area contributed by atoms with Crippen LogP contribution in [0, 0.1) is 5.92 Å². The molecule has 0 bridgehead atoms. The molecule has 9 heteroatoms. The maximum atomic E-state index is 12.0. The van der Waals surface area contributed by atoms with Crippen molar-refractivity contribution in [2.45, 2.75) is 30.5 Å². The van der Waals surface area contributed by atoms with E-state index < -0.39 is 10.0 Å². The summed E-state index contributed by atoms with van der Waals surface area (Å²) >= 11 is 4.29. The van der Waals surface area contributed by atoms with Gasteiger partial charge in [0.25, 0.3) is 10.0 Å². The van der Waals surface area contributed by atoms with Gasteiger partial charge in [0.1, 0.15) is 4.21 Å². The molecule has 1 aromatic heterocycles. The molecule has 1 amide bonds. The van der Waals surface area contributed by atoms with Crippen molar-refractivity contribution >= 4 is 43.2 Å². The molecule has 0 aliphatic rings. The minimum atomic E-state index is -3.65. The first-order valence-corrected chi connectivity index (χ1v) is 9.58. The Morgan fingerprint density at radius 1 is 1.43 bits per heavy atom. The minimum Gasteiger partial charge on any atom is -0.351 e. The van der Waals surface area contributed by atoms with Crippen molar-refractivity contribution in [3.63, 3.8) is 0 Å². The van der Waals surface area contributed by atoms with Crippen LogP contribution < -0.4 is 15.8 Å². The third-order valence-corrected chi connectivity index (χ3v) is 6.16. The Balaban J connectivity index is 2.52. The number of rotatable bonds is 8. The SMILES string of the molecule is CC(C)CC(CN)NC(=O)CNS(=O)(=O)c1ccc(Br)s1. The first-order valence-electron chi connectivity index (χ1n) is 6.49. The average molecular weight is 398 g/mol. The molecular formula is C12H20BrN3O3S2. The summed E-state index contributed by atoms with van der Waals surface area (Å²) in [5.41, 5.74) is 5.59. The van der Waals surface area contributed by atoms with Gasteiger partial charge in [-0.1, -0.05) is 13.8 Å². The van der Waals surface area contributed by atoms with E-state index in [2.05, 4.69) is 26.0 Å². The van der Waals surface area contributed by atoms with Crippen molar-refractivity contribution < 1.29 is 13.2 Å². The van der Waals surface area contributed by atoms with Crippen molar-refractivity contribution in [2.24, 2.45) is 11.7 Å². The van der Waals surface area contributed by atoms with Crippen LogP contribution in [0.15, 0.2) is 20.1 Å². The van der Waals surface area contributed by atoms with E-state index in [-0.39, 0.29) is 22.7 Å². The molecule has 21 heavy (non-hydrogen) atoms. The molecule has 1 aromatic rings. The van der Waals surface area contributed by atoms with Gasteiger partial charge in [0, 0.05) is 12.6 Å². The highest BCUT2D eigenvalue weighted by Gasteiger charge is 2.19. The van der Waals surface area contributed by atoms with E-state index in [1.165, 1.54) is 6.07 Å². The van der Waals surface area contributed by atoms with Gasteiger partial charge in [-0.3, -0.25) is 4.79 Å². The van der Waals surface area contributed by atoms with Crippen LogP contribution in [0.4, 0.5) is 0 Å². The number of carbonyl (C=O) groups is 1. The summed E-state index contributed by atoms with van der Waals surface area (Å²) < 4.78 is 27.1. The molecule has 1 unspecified atom stereocenters. The van der Waals surface area contributed by atoms with Crippen LogP contribution >= 0.6 is 27.3 Å². The molecule has 1 atom stereocenters. The van der Waals surface area contributed by atoms with Crippen LogP contribution in [0.25, 0.3) is 0 Å². The lowest BCUT2D eigenvalue weighted by Crippen LogP contribution is -2.45. The summed E-state index contributed by atoms with van der Waals surface area (Å²) in [5.74, 6) is 0.0179. The van der Waals surface area contributed by atoms with E-state index in [1.54, 1.807) is 6.07 Å². The lowest BCUT2D eigenvalue weighted by Gasteiger charge is -2.18. The molecule has 0 saturated carbocycles. The van der Waals surface area contributed by atoms with Gasteiger partial charge in [-0.15, -0.1) is 11.3 Å². The summed E-state index contributed by atoms with van der Waals surface area (Å²) in [4.78, 5) is 11.8. The van der Waals surface area contributed by atoms with Crippen molar-refractivity contribution in [3.8, 4) is 0 Å². The molecule has 0 saturated heterocycles. The Hall–Kier alpha value is -0.480. The molecule has 4 N–H and O–H groups in total. The van der Waals surface area contributed by atoms with Crippen LogP contribution in [0.5, 0.6) is 0 Å². The summed E-state index contributed by atoms with van der Waals surface area (Å²) in [6, 6.07) is 2.99. The first kappa shape index (κ1) is 18.6. The predicted molar refractivity (Wildman–Crippen MR) is 87.6 cm³/mol. The van der Waals surface area contributed by atoms with E-state index in [4.69, 9.17) is 5.73 Å². The Morgan fingerprint density at radius 2 is 2.10 bits per heavy atom. The zero-order valence-electron chi connectivity index (χ0n) is 11.9. The molecule has 0 aliphatic heterocycles. The molecule has 1 rings (SSSR count). The monoisotopic (exact) mass is 397 g/mol. The van der Waals surface area contributed by atoms with Crippen LogP contribution in [0.3, 0.4) is 0 Å². The largest absolute Gasteiger partial charge is 0.351 e. The molecular weight excluding hydrogens is 378 g/mol. The number of halogens is 1. The molecule has 0 fully saturated rings. The zero-order valence-corrected chi connectivity index (χ0v) is 15.1. The standard InChI is InChI=1S/C12H20BrN3O3S2/c1-8(2)5-9(6-14)16-11(17)7-15-21(18,19)12-4-3-10(13)20-12/h3-4,8-9,15H,5-7,14H2,1-2H3,(H,16,17). The number of hydrogen-bond donors (Lipinski definition) is 3. The number of nitrogens with two attached hydrogens (primary N) is 1. The van der Waals surface area contributed by atoms with E-state index in [9.17, 15) is 13.2 Å². The number of sulfonamides is 1. The molecule has 0 spiro atoms. The predicted octanol–water partition coefficient (Wildman–Crippen LogP) is 1.28. The van der Waals surface area contributed by atoms with Gasteiger partial charge in [-0.2, -0.15) is 0 Å². The summed E-state index contributed by atoms with van der Waals surface area (Å²) in [6.45, 7) is 4.10. The van der Waals surface area contributed by atoms with Crippen LogP contribution in [0.2, 0.25) is 0 Å². The fourth-order valence-corrected chi connectivity index (χ4v) is 4.77. The second kappa shape index (κ2) is 8.23. The van der Waals surface area contributed by atoms with Crippen LogP contribution in [-0.2, 0) is 14.8 Å². The third kappa shape index (κ3) is 6.43. The maximum absolute atomic E-state index is 12.0. The summed E-state index contributed by atoms with van der Waals surface area (Å²) in [7, 11) is -3.65. The van der Waals surface area contributed by atoms with Gasteiger partial charge in [-0.25, -0.2) is 13.1 Å². The Kier molecular flexibility index (Phi) is 7.28. The number of nitrogens with one attached hydrogen (secondary N) is 2. The highest BCUT2D eigenvalue weighted by atomic mass is 79.9. The number of amides is 1. The van der Waals surface area contributed by atoms with Crippen molar-refractivity contribution in [1.82, 2.24) is 10.0 Å². The topological polar surface area (TPSA) is 101 Å². The highest BCUT2D eigenvalue weighted by molar-refractivity contribution is 9.11. The number of carbonyl (C=O) groups excluding carboxylic acids is 1. The van der Waals surface area contributed by atoms with Crippen LogP contribution in [-0.4, -0.2) is 33.5 Å². The molecule has 0 aromatic carbocycles. The molecule has 1 heterocycles. The molecule has 0 radical (unpaired) electrons.